The van der Waals surface area contributed by atoms with Gasteiger partial charge in [0.1, 0.15) is 12.0 Å². The summed E-state index contributed by atoms with van der Waals surface area (Å²) in [6, 6.07) is 0. The Labute approximate surface area is 73.2 Å². The van der Waals surface area contributed by atoms with Crippen molar-refractivity contribution >= 4 is 5.82 Å². The number of nitrogens with one attached hydrogen (secondary N) is 1. The molecule has 0 saturated carbocycles. The molecule has 0 amide bonds. The van der Waals surface area contributed by atoms with Gasteiger partial charge >= 0.3 is 0 Å². The van der Waals surface area contributed by atoms with Crippen molar-refractivity contribution in [3.8, 4) is 0 Å². The zero-order chi connectivity index (χ0) is 8.81. The lowest BCUT2D eigenvalue weighted by atomic mass is 10.2. The number of unbranched alkanes of at least 4 members (excludes halogenated alkanes) is 1. The van der Waals surface area contributed by atoms with Crippen molar-refractivity contribution in [2.75, 3.05) is 12.4 Å². The van der Waals surface area contributed by atoms with Crippen LogP contribution in [-0.2, 0) is 6.42 Å². The largest absolute Gasteiger partial charge is 0.372 e. The number of anilines is 1. The lowest BCUT2D eigenvalue weighted by Crippen LogP contribution is -2.00. The van der Waals surface area contributed by atoms with E-state index in [1.165, 1.54) is 6.42 Å². The highest BCUT2D eigenvalue weighted by molar-refractivity contribution is 5.38. The normalized spacial score (nSPS) is 9.83. The standard InChI is InChI=1S/C9H14N3/c1-3-4-5-8-9(10-2)12-7-6-11-8/h6H,3-5H2,1-2H3,(H,10,12). The van der Waals surface area contributed by atoms with Gasteiger partial charge in [-0.3, -0.25) is 4.98 Å². The molecule has 0 aliphatic heterocycles. The van der Waals surface area contributed by atoms with Gasteiger partial charge in [0.05, 0.1) is 11.9 Å². The van der Waals surface area contributed by atoms with Gasteiger partial charge in [0.15, 0.2) is 0 Å². The van der Waals surface area contributed by atoms with Crippen LogP contribution in [0.15, 0.2) is 6.20 Å². The number of hydrogen-bond donors (Lipinski definition) is 1. The number of aryl methyl sites for hydroxylation is 1. The summed E-state index contributed by atoms with van der Waals surface area (Å²) < 4.78 is 0. The fourth-order valence-electron chi connectivity index (χ4n) is 1.05. The summed E-state index contributed by atoms with van der Waals surface area (Å²) in [5.74, 6) is 0.853. The van der Waals surface area contributed by atoms with E-state index in [1.807, 2.05) is 7.05 Å². The Morgan fingerprint density at radius 3 is 3.08 bits per heavy atom. The predicted octanol–water partition coefficient (Wildman–Crippen LogP) is 1.66. The minimum absolute atomic E-state index is 0.853. The van der Waals surface area contributed by atoms with Crippen molar-refractivity contribution in [1.29, 1.82) is 0 Å². The average Bonchev–Trinajstić information content (AvgIpc) is 2.15. The van der Waals surface area contributed by atoms with Gasteiger partial charge < -0.3 is 5.32 Å². The summed E-state index contributed by atoms with van der Waals surface area (Å²) >= 11 is 0. The number of nitrogens with zero attached hydrogens (tertiary/aromatic N) is 2. The van der Waals surface area contributed by atoms with Gasteiger partial charge in [0.25, 0.3) is 0 Å². The van der Waals surface area contributed by atoms with Crippen molar-refractivity contribution in [2.45, 2.75) is 26.2 Å². The topological polar surface area (TPSA) is 37.8 Å². The van der Waals surface area contributed by atoms with Gasteiger partial charge in [-0.2, -0.15) is 0 Å². The third-order valence-corrected chi connectivity index (χ3v) is 1.73. The molecule has 0 spiro atoms. The van der Waals surface area contributed by atoms with Crippen LogP contribution in [0.4, 0.5) is 5.82 Å². The predicted molar refractivity (Wildman–Crippen MR) is 49.0 cm³/mol. The molecule has 1 radical (unpaired) electrons. The second-order valence-electron chi connectivity index (χ2n) is 2.65. The van der Waals surface area contributed by atoms with E-state index in [4.69, 9.17) is 0 Å². The molecule has 1 heterocycles. The van der Waals surface area contributed by atoms with Gasteiger partial charge in [-0.05, 0) is 12.8 Å². The Morgan fingerprint density at radius 2 is 2.42 bits per heavy atom. The van der Waals surface area contributed by atoms with Crippen molar-refractivity contribution in [3.05, 3.63) is 18.1 Å². The van der Waals surface area contributed by atoms with E-state index >= 15 is 0 Å². The first-order valence-electron chi connectivity index (χ1n) is 4.28. The molecule has 0 aliphatic carbocycles. The average molecular weight is 164 g/mol. The summed E-state index contributed by atoms with van der Waals surface area (Å²) in [4.78, 5) is 8.26. The molecule has 3 nitrogen and oxygen atoms in total. The van der Waals surface area contributed by atoms with Crippen LogP contribution < -0.4 is 5.32 Å². The third kappa shape index (κ3) is 2.19. The van der Waals surface area contributed by atoms with Crippen molar-refractivity contribution in [2.24, 2.45) is 0 Å². The van der Waals surface area contributed by atoms with Crippen molar-refractivity contribution < 1.29 is 0 Å². The summed E-state index contributed by atoms with van der Waals surface area (Å²) in [6.07, 6.45) is 7.66. The molecule has 1 rings (SSSR count). The summed E-state index contributed by atoms with van der Waals surface area (Å²) in [5, 5.41) is 3.00. The molecule has 0 fully saturated rings. The molecule has 0 atom stereocenters. The second-order valence-corrected chi connectivity index (χ2v) is 2.65. The van der Waals surface area contributed by atoms with Crippen LogP contribution in [0.2, 0.25) is 0 Å². The first-order valence-corrected chi connectivity index (χ1v) is 4.28. The van der Waals surface area contributed by atoms with E-state index < -0.39 is 0 Å². The quantitative estimate of drug-likeness (QED) is 0.735. The summed E-state index contributed by atoms with van der Waals surface area (Å²) in [5.41, 5.74) is 1.04. The Morgan fingerprint density at radius 1 is 1.58 bits per heavy atom. The van der Waals surface area contributed by atoms with Crippen LogP contribution in [0, 0.1) is 6.20 Å². The SMILES string of the molecule is CCCCc1nc[c]nc1NC. The summed E-state index contributed by atoms with van der Waals surface area (Å²) in [7, 11) is 1.85. The Hall–Kier alpha value is -1.12. The second kappa shape index (κ2) is 4.70. The minimum Gasteiger partial charge on any atom is -0.372 e. The molecule has 0 aromatic carbocycles. The molecule has 1 aromatic heterocycles. The van der Waals surface area contributed by atoms with Crippen LogP contribution in [-0.4, -0.2) is 17.0 Å². The van der Waals surface area contributed by atoms with E-state index in [9.17, 15) is 0 Å². The van der Waals surface area contributed by atoms with Gasteiger partial charge in [0, 0.05) is 7.05 Å². The van der Waals surface area contributed by atoms with E-state index in [1.54, 1.807) is 6.20 Å². The lowest BCUT2D eigenvalue weighted by molar-refractivity contribution is 0.773. The molecule has 0 unspecified atom stereocenters. The van der Waals surface area contributed by atoms with Gasteiger partial charge in [-0.1, -0.05) is 13.3 Å². The molecule has 1 N–H and O–H groups in total. The fourth-order valence-corrected chi connectivity index (χ4v) is 1.05. The maximum atomic E-state index is 4.21. The third-order valence-electron chi connectivity index (χ3n) is 1.73. The highest BCUT2D eigenvalue weighted by Crippen LogP contribution is 2.09. The molecular formula is C9H14N3. The zero-order valence-electron chi connectivity index (χ0n) is 7.59. The van der Waals surface area contributed by atoms with Gasteiger partial charge in [-0.25, -0.2) is 4.98 Å². The summed E-state index contributed by atoms with van der Waals surface area (Å²) in [6.45, 7) is 2.17. The van der Waals surface area contributed by atoms with E-state index in [0.29, 0.717) is 0 Å². The fraction of sp³-hybridized carbons (Fsp3) is 0.556. The molecule has 0 aliphatic rings. The smallest absolute Gasteiger partial charge is 0.148 e. The molecule has 3 heteroatoms. The number of hydrogen-bond acceptors (Lipinski definition) is 3. The van der Waals surface area contributed by atoms with Crippen molar-refractivity contribution in [1.82, 2.24) is 9.97 Å². The molecule has 12 heavy (non-hydrogen) atoms. The van der Waals surface area contributed by atoms with E-state index in [2.05, 4.69) is 28.4 Å². The Balaban J connectivity index is 2.68. The van der Waals surface area contributed by atoms with Gasteiger partial charge in [-0.15, -0.1) is 0 Å². The highest BCUT2D eigenvalue weighted by atomic mass is 15.0. The van der Waals surface area contributed by atoms with Crippen LogP contribution in [0.25, 0.3) is 0 Å². The highest BCUT2D eigenvalue weighted by Gasteiger charge is 2.00. The maximum Gasteiger partial charge on any atom is 0.148 e. The first kappa shape index (κ1) is 8.97. The monoisotopic (exact) mass is 164 g/mol. The minimum atomic E-state index is 0.853. The van der Waals surface area contributed by atoms with Crippen LogP contribution in [0.3, 0.4) is 0 Å². The van der Waals surface area contributed by atoms with E-state index in [-0.39, 0.29) is 0 Å². The molecule has 0 bridgehead atoms. The Kier molecular flexibility index (Phi) is 3.51. The Bertz CT molecular complexity index is 235. The number of rotatable bonds is 4. The maximum absolute atomic E-state index is 4.21. The van der Waals surface area contributed by atoms with Crippen LogP contribution >= 0.6 is 0 Å². The lowest BCUT2D eigenvalue weighted by Gasteiger charge is -2.04. The molecular weight excluding hydrogens is 150 g/mol. The number of aromatic nitrogens is 2. The van der Waals surface area contributed by atoms with E-state index in [0.717, 1.165) is 24.4 Å². The van der Waals surface area contributed by atoms with Crippen LogP contribution in [0.1, 0.15) is 25.5 Å². The van der Waals surface area contributed by atoms with Crippen molar-refractivity contribution in [3.63, 3.8) is 0 Å². The van der Waals surface area contributed by atoms with Crippen LogP contribution in [0.5, 0.6) is 0 Å². The molecule has 65 valence electrons. The first-order chi connectivity index (χ1) is 5.88. The molecule has 0 saturated heterocycles. The van der Waals surface area contributed by atoms with Gasteiger partial charge in [0.2, 0.25) is 0 Å². The zero-order valence-corrected chi connectivity index (χ0v) is 7.59. The molecule has 1 aromatic rings.